The zero-order chi connectivity index (χ0) is 19.0. The van der Waals surface area contributed by atoms with Crippen LogP contribution in [0, 0.1) is 0 Å². The van der Waals surface area contributed by atoms with E-state index >= 15 is 0 Å². The number of primary amides is 1. The Hall–Kier alpha value is -2.93. The summed E-state index contributed by atoms with van der Waals surface area (Å²) in [7, 11) is 3.98. The topological polar surface area (TPSA) is 90.2 Å². The van der Waals surface area contributed by atoms with Crippen molar-refractivity contribution >= 4 is 5.91 Å². The number of carbonyl (C=O) groups excluding carboxylic acids is 1. The molecule has 0 spiro atoms. The lowest BCUT2D eigenvalue weighted by atomic mass is 10.1. The quantitative estimate of drug-likeness (QED) is 0.722. The number of rotatable bonds is 6. The highest BCUT2D eigenvalue weighted by atomic mass is 16.3. The van der Waals surface area contributed by atoms with Gasteiger partial charge in [0.05, 0.1) is 18.7 Å². The van der Waals surface area contributed by atoms with Gasteiger partial charge in [0.15, 0.2) is 17.4 Å². The second-order valence-corrected chi connectivity index (χ2v) is 7.18. The Labute approximate surface area is 157 Å². The van der Waals surface area contributed by atoms with Gasteiger partial charge in [-0.15, -0.1) is 0 Å². The standard InChI is InChI=1S/C20H23N5O2/c1-24(2)12-14-9-10-17(27-14)20-22-19(11-18(21)26)23-25(20)16-8-4-6-13-5-3-7-15(13)16/h4,6,8-10H,3,5,7,11-12H2,1-2H3,(H2,21,26). The Morgan fingerprint density at radius 3 is 2.89 bits per heavy atom. The molecule has 0 unspecified atom stereocenters. The highest BCUT2D eigenvalue weighted by Gasteiger charge is 2.22. The van der Waals surface area contributed by atoms with E-state index in [9.17, 15) is 4.79 Å². The molecule has 0 atom stereocenters. The summed E-state index contributed by atoms with van der Waals surface area (Å²) in [5.74, 6) is 2.02. The fourth-order valence-electron chi connectivity index (χ4n) is 3.61. The molecule has 4 rings (SSSR count). The first-order valence-corrected chi connectivity index (χ1v) is 9.10. The van der Waals surface area contributed by atoms with E-state index in [-0.39, 0.29) is 6.42 Å². The van der Waals surface area contributed by atoms with Gasteiger partial charge < -0.3 is 15.1 Å². The number of carbonyl (C=O) groups is 1. The number of nitrogens with two attached hydrogens (primary N) is 1. The smallest absolute Gasteiger partial charge is 0.225 e. The number of benzene rings is 1. The number of aromatic nitrogens is 3. The molecule has 3 aromatic rings. The highest BCUT2D eigenvalue weighted by Crippen LogP contribution is 2.31. The number of furan rings is 1. The lowest BCUT2D eigenvalue weighted by molar-refractivity contribution is -0.117. The summed E-state index contributed by atoms with van der Waals surface area (Å²) in [4.78, 5) is 18.0. The summed E-state index contributed by atoms with van der Waals surface area (Å²) in [5.41, 5.74) is 8.98. The number of amides is 1. The van der Waals surface area contributed by atoms with E-state index in [0.717, 1.165) is 30.7 Å². The molecule has 2 N–H and O–H groups in total. The molecule has 140 valence electrons. The molecule has 1 aromatic carbocycles. The van der Waals surface area contributed by atoms with Crippen molar-refractivity contribution in [2.24, 2.45) is 5.73 Å². The third-order valence-electron chi connectivity index (χ3n) is 4.69. The van der Waals surface area contributed by atoms with Crippen molar-refractivity contribution in [3.8, 4) is 17.3 Å². The lowest BCUT2D eigenvalue weighted by Crippen LogP contribution is -2.14. The van der Waals surface area contributed by atoms with Crippen LogP contribution in [0.3, 0.4) is 0 Å². The predicted octanol–water partition coefficient (Wildman–Crippen LogP) is 2.11. The van der Waals surface area contributed by atoms with Crippen molar-refractivity contribution in [1.82, 2.24) is 19.7 Å². The molecule has 0 saturated carbocycles. The molecule has 0 fully saturated rings. The zero-order valence-electron chi connectivity index (χ0n) is 15.6. The van der Waals surface area contributed by atoms with E-state index < -0.39 is 5.91 Å². The van der Waals surface area contributed by atoms with E-state index in [1.54, 1.807) is 4.68 Å². The Morgan fingerprint density at radius 2 is 2.11 bits per heavy atom. The Kier molecular flexibility index (Phi) is 4.53. The number of nitrogens with zero attached hydrogens (tertiary/aromatic N) is 4. The van der Waals surface area contributed by atoms with Gasteiger partial charge in [-0.3, -0.25) is 4.79 Å². The van der Waals surface area contributed by atoms with Crippen molar-refractivity contribution in [2.45, 2.75) is 32.2 Å². The van der Waals surface area contributed by atoms with Crippen LogP contribution in [0.1, 0.15) is 29.1 Å². The molecule has 7 nitrogen and oxygen atoms in total. The third kappa shape index (κ3) is 3.50. The van der Waals surface area contributed by atoms with Gasteiger partial charge in [0.1, 0.15) is 5.76 Å². The summed E-state index contributed by atoms with van der Waals surface area (Å²) in [5, 5.41) is 4.58. The molecule has 0 bridgehead atoms. The number of hydrogen-bond acceptors (Lipinski definition) is 5. The Balaban J connectivity index is 1.81. The maximum absolute atomic E-state index is 11.4. The van der Waals surface area contributed by atoms with Gasteiger partial charge in [-0.1, -0.05) is 12.1 Å². The average molecular weight is 365 g/mol. The summed E-state index contributed by atoms with van der Waals surface area (Å²) in [6.45, 7) is 0.697. The minimum Gasteiger partial charge on any atom is -0.456 e. The molecule has 0 saturated heterocycles. The zero-order valence-corrected chi connectivity index (χ0v) is 15.6. The van der Waals surface area contributed by atoms with Gasteiger partial charge in [0, 0.05) is 0 Å². The fraction of sp³-hybridized carbons (Fsp3) is 0.350. The van der Waals surface area contributed by atoms with E-state index in [0.29, 0.717) is 24.0 Å². The molecule has 0 aliphatic heterocycles. The molecule has 1 amide bonds. The van der Waals surface area contributed by atoms with Crippen LogP contribution in [0.15, 0.2) is 34.7 Å². The summed E-state index contributed by atoms with van der Waals surface area (Å²) < 4.78 is 7.79. The van der Waals surface area contributed by atoms with Gasteiger partial charge in [-0.25, -0.2) is 9.67 Å². The van der Waals surface area contributed by atoms with Crippen molar-refractivity contribution in [3.05, 3.63) is 53.0 Å². The third-order valence-corrected chi connectivity index (χ3v) is 4.69. The van der Waals surface area contributed by atoms with Crippen LogP contribution >= 0.6 is 0 Å². The van der Waals surface area contributed by atoms with Crippen LogP contribution in [0.2, 0.25) is 0 Å². The second kappa shape index (κ2) is 7.00. The summed E-state index contributed by atoms with van der Waals surface area (Å²) in [6.07, 6.45) is 3.23. The second-order valence-electron chi connectivity index (χ2n) is 7.18. The SMILES string of the molecule is CN(C)Cc1ccc(-c2nc(CC(N)=O)nn2-c2cccc3c2CCC3)o1. The molecular weight excluding hydrogens is 342 g/mol. The first kappa shape index (κ1) is 17.5. The Bertz CT molecular complexity index is 986. The highest BCUT2D eigenvalue weighted by molar-refractivity contribution is 5.75. The first-order valence-electron chi connectivity index (χ1n) is 9.10. The molecule has 1 aliphatic carbocycles. The fourth-order valence-corrected chi connectivity index (χ4v) is 3.61. The molecule has 0 radical (unpaired) electrons. The van der Waals surface area contributed by atoms with Gasteiger partial charge >= 0.3 is 0 Å². The van der Waals surface area contributed by atoms with Crippen molar-refractivity contribution < 1.29 is 9.21 Å². The summed E-state index contributed by atoms with van der Waals surface area (Å²) >= 11 is 0. The van der Waals surface area contributed by atoms with Crippen LogP contribution in [0.5, 0.6) is 0 Å². The molecule has 7 heteroatoms. The van der Waals surface area contributed by atoms with Crippen molar-refractivity contribution in [3.63, 3.8) is 0 Å². The van der Waals surface area contributed by atoms with Gasteiger partial charge in [0.2, 0.25) is 5.91 Å². The average Bonchev–Trinajstić information content (AvgIpc) is 3.31. The predicted molar refractivity (Wildman–Crippen MR) is 101 cm³/mol. The number of fused-ring (bicyclic) bond motifs is 1. The largest absolute Gasteiger partial charge is 0.456 e. The molecule has 1 aliphatic rings. The van der Waals surface area contributed by atoms with E-state index in [4.69, 9.17) is 10.2 Å². The van der Waals surface area contributed by atoms with Crippen LogP contribution < -0.4 is 5.73 Å². The van der Waals surface area contributed by atoms with Crippen LogP contribution in [-0.2, 0) is 30.6 Å². The van der Waals surface area contributed by atoms with Crippen molar-refractivity contribution in [1.29, 1.82) is 0 Å². The monoisotopic (exact) mass is 365 g/mol. The molecular formula is C20H23N5O2. The van der Waals surface area contributed by atoms with E-state index in [1.165, 1.54) is 11.1 Å². The van der Waals surface area contributed by atoms with E-state index in [2.05, 4.69) is 16.1 Å². The van der Waals surface area contributed by atoms with Crippen LogP contribution in [0.25, 0.3) is 17.3 Å². The van der Waals surface area contributed by atoms with Gasteiger partial charge in [0.25, 0.3) is 0 Å². The minimum atomic E-state index is -0.454. The normalized spacial score (nSPS) is 13.3. The molecule has 2 heterocycles. The Morgan fingerprint density at radius 1 is 1.26 bits per heavy atom. The molecule has 2 aromatic heterocycles. The molecule has 27 heavy (non-hydrogen) atoms. The maximum atomic E-state index is 11.4. The van der Waals surface area contributed by atoms with Crippen molar-refractivity contribution in [2.75, 3.05) is 14.1 Å². The minimum absolute atomic E-state index is 0.000285. The van der Waals surface area contributed by atoms with Crippen LogP contribution in [0.4, 0.5) is 0 Å². The van der Waals surface area contributed by atoms with Gasteiger partial charge in [-0.05, 0) is 62.7 Å². The number of hydrogen-bond donors (Lipinski definition) is 1. The maximum Gasteiger partial charge on any atom is 0.225 e. The first-order chi connectivity index (χ1) is 13.0. The lowest BCUT2D eigenvalue weighted by Gasteiger charge is -2.10. The van der Waals surface area contributed by atoms with E-state index in [1.807, 2.05) is 43.3 Å². The number of aryl methyl sites for hydroxylation is 1. The van der Waals surface area contributed by atoms with Gasteiger partial charge in [-0.2, -0.15) is 5.10 Å². The summed E-state index contributed by atoms with van der Waals surface area (Å²) in [6, 6.07) is 10.1. The van der Waals surface area contributed by atoms with Crippen LogP contribution in [-0.4, -0.2) is 39.7 Å².